The lowest BCUT2D eigenvalue weighted by Crippen LogP contribution is -2.00. The van der Waals surface area contributed by atoms with E-state index < -0.39 is 5.97 Å². The number of rotatable bonds is 8. The highest BCUT2D eigenvalue weighted by Gasteiger charge is 2.04. The number of ether oxygens (including phenoxy) is 2. The predicted molar refractivity (Wildman–Crippen MR) is 120 cm³/mol. The minimum Gasteiger partial charge on any atom is -0.489 e. The normalized spacial score (nSPS) is 11.0. The third-order valence-electron chi connectivity index (χ3n) is 4.70. The van der Waals surface area contributed by atoms with E-state index in [-0.39, 0.29) is 0 Å². The van der Waals surface area contributed by atoms with Crippen molar-refractivity contribution < 1.29 is 19.4 Å². The molecule has 5 nitrogen and oxygen atoms in total. The van der Waals surface area contributed by atoms with Gasteiger partial charge in [-0.05, 0) is 41.5 Å². The lowest BCUT2D eigenvalue weighted by atomic mass is 10.1. The maximum absolute atomic E-state index is 10.8. The van der Waals surface area contributed by atoms with Crippen LogP contribution in [0, 0.1) is 0 Å². The van der Waals surface area contributed by atoms with Crippen LogP contribution in [-0.2, 0) is 18.0 Å². The molecule has 0 aliphatic heterocycles. The second kappa shape index (κ2) is 9.59. The maximum Gasteiger partial charge on any atom is 0.328 e. The van der Waals surface area contributed by atoms with E-state index in [1.165, 1.54) is 0 Å². The molecule has 4 rings (SSSR count). The largest absolute Gasteiger partial charge is 0.489 e. The number of carboxylic acids is 1. The summed E-state index contributed by atoms with van der Waals surface area (Å²) in [4.78, 5) is 15.4. The van der Waals surface area contributed by atoms with Crippen molar-refractivity contribution >= 4 is 22.9 Å². The molecule has 0 spiro atoms. The van der Waals surface area contributed by atoms with Crippen LogP contribution < -0.4 is 9.47 Å². The number of hydrogen-bond donors (Lipinski definition) is 1. The summed E-state index contributed by atoms with van der Waals surface area (Å²) >= 11 is 0. The van der Waals surface area contributed by atoms with Gasteiger partial charge in [-0.1, -0.05) is 54.6 Å². The summed E-state index contributed by atoms with van der Waals surface area (Å²) in [6, 6.07) is 26.9. The summed E-state index contributed by atoms with van der Waals surface area (Å²) < 4.78 is 11.8. The van der Waals surface area contributed by atoms with Crippen LogP contribution >= 0.6 is 0 Å². The van der Waals surface area contributed by atoms with Crippen LogP contribution in [0.4, 0.5) is 0 Å². The molecule has 0 saturated carbocycles. The average Bonchev–Trinajstić information content (AvgIpc) is 2.80. The van der Waals surface area contributed by atoms with Crippen LogP contribution in [0.3, 0.4) is 0 Å². The Morgan fingerprint density at radius 2 is 1.58 bits per heavy atom. The first-order valence-electron chi connectivity index (χ1n) is 9.87. The van der Waals surface area contributed by atoms with E-state index in [2.05, 4.69) is 4.98 Å². The number of benzene rings is 3. The molecular weight excluding hydrogens is 390 g/mol. The standard InChI is InChI=1S/C26H21NO4/c28-26(29)15-13-19-6-1-2-8-21(19)17-30-23-9-5-10-24(16-23)31-18-22-14-12-20-7-3-4-11-25(20)27-22/h1-16H,17-18H2,(H,28,29)/b15-13+. The van der Waals surface area contributed by atoms with Crippen LogP contribution in [0.1, 0.15) is 16.8 Å². The molecule has 0 atom stereocenters. The van der Waals surface area contributed by atoms with E-state index in [1.807, 2.05) is 84.9 Å². The quantitative estimate of drug-likeness (QED) is 0.388. The zero-order valence-corrected chi connectivity index (χ0v) is 16.8. The molecule has 1 N–H and O–H groups in total. The van der Waals surface area contributed by atoms with Crippen molar-refractivity contribution in [2.75, 3.05) is 0 Å². The minimum atomic E-state index is -0.985. The second-order valence-corrected chi connectivity index (χ2v) is 6.92. The van der Waals surface area contributed by atoms with Gasteiger partial charge in [0, 0.05) is 17.5 Å². The molecule has 0 aliphatic carbocycles. The van der Waals surface area contributed by atoms with Crippen LogP contribution in [0.25, 0.3) is 17.0 Å². The van der Waals surface area contributed by atoms with Gasteiger partial charge < -0.3 is 14.6 Å². The summed E-state index contributed by atoms with van der Waals surface area (Å²) in [5.41, 5.74) is 3.49. The van der Waals surface area contributed by atoms with E-state index in [4.69, 9.17) is 14.6 Å². The van der Waals surface area contributed by atoms with Crippen molar-refractivity contribution in [1.82, 2.24) is 4.98 Å². The van der Waals surface area contributed by atoms with E-state index in [0.29, 0.717) is 24.7 Å². The van der Waals surface area contributed by atoms with Crippen LogP contribution in [0.5, 0.6) is 11.5 Å². The van der Waals surface area contributed by atoms with E-state index in [0.717, 1.165) is 33.8 Å². The van der Waals surface area contributed by atoms with Crippen molar-refractivity contribution in [3.05, 3.63) is 108 Å². The van der Waals surface area contributed by atoms with Gasteiger partial charge in [0.1, 0.15) is 24.7 Å². The highest BCUT2D eigenvalue weighted by atomic mass is 16.5. The lowest BCUT2D eigenvalue weighted by molar-refractivity contribution is -0.131. The molecule has 0 bridgehead atoms. The Labute approximate surface area is 180 Å². The number of aromatic nitrogens is 1. The Morgan fingerprint density at radius 1 is 0.839 bits per heavy atom. The molecule has 1 aromatic heterocycles. The first kappa shape index (κ1) is 20.2. The number of carboxylic acid groups (broad SMARTS) is 1. The zero-order valence-electron chi connectivity index (χ0n) is 16.8. The first-order valence-corrected chi connectivity index (χ1v) is 9.87. The van der Waals surface area contributed by atoms with Crippen LogP contribution in [0.2, 0.25) is 0 Å². The Hall–Kier alpha value is -4.12. The summed E-state index contributed by atoms with van der Waals surface area (Å²) in [5.74, 6) is 0.369. The van der Waals surface area contributed by atoms with Crippen molar-refractivity contribution in [3.63, 3.8) is 0 Å². The van der Waals surface area contributed by atoms with Gasteiger partial charge in [-0.3, -0.25) is 0 Å². The van der Waals surface area contributed by atoms with Gasteiger partial charge in [0.25, 0.3) is 0 Å². The topological polar surface area (TPSA) is 68.7 Å². The molecule has 4 aromatic rings. The van der Waals surface area contributed by atoms with Gasteiger partial charge in [-0.15, -0.1) is 0 Å². The molecular formula is C26H21NO4. The van der Waals surface area contributed by atoms with E-state index in [1.54, 1.807) is 6.08 Å². The fourth-order valence-corrected chi connectivity index (χ4v) is 3.15. The SMILES string of the molecule is O=C(O)/C=C/c1ccccc1COc1cccc(OCc2ccc3ccccc3n2)c1. The van der Waals surface area contributed by atoms with Gasteiger partial charge >= 0.3 is 5.97 Å². The Balaban J connectivity index is 1.40. The lowest BCUT2D eigenvalue weighted by Gasteiger charge is -2.11. The smallest absolute Gasteiger partial charge is 0.328 e. The summed E-state index contributed by atoms with van der Waals surface area (Å²) in [6.45, 7) is 0.674. The molecule has 5 heteroatoms. The third kappa shape index (κ3) is 5.48. The summed E-state index contributed by atoms with van der Waals surface area (Å²) in [5, 5.41) is 9.95. The summed E-state index contributed by atoms with van der Waals surface area (Å²) in [7, 11) is 0. The molecule has 154 valence electrons. The molecule has 0 aliphatic rings. The number of aliphatic carboxylic acids is 1. The molecule has 0 radical (unpaired) electrons. The fourth-order valence-electron chi connectivity index (χ4n) is 3.15. The van der Waals surface area contributed by atoms with Crippen molar-refractivity contribution in [2.24, 2.45) is 0 Å². The molecule has 0 fully saturated rings. The fraction of sp³-hybridized carbons (Fsp3) is 0.0769. The number of pyridine rings is 1. The number of carbonyl (C=O) groups is 1. The van der Waals surface area contributed by atoms with Crippen LogP contribution in [0.15, 0.2) is 91.0 Å². The van der Waals surface area contributed by atoms with Gasteiger partial charge in [0.15, 0.2) is 0 Å². The van der Waals surface area contributed by atoms with Gasteiger partial charge in [-0.2, -0.15) is 0 Å². The zero-order chi connectivity index (χ0) is 21.5. The molecule has 1 heterocycles. The number of para-hydroxylation sites is 1. The average molecular weight is 411 g/mol. The number of nitrogens with zero attached hydrogens (tertiary/aromatic N) is 1. The van der Waals surface area contributed by atoms with Crippen molar-refractivity contribution in [2.45, 2.75) is 13.2 Å². The first-order chi connectivity index (χ1) is 15.2. The Bertz CT molecular complexity index is 1230. The van der Waals surface area contributed by atoms with Crippen molar-refractivity contribution in [3.8, 4) is 11.5 Å². The molecule has 0 saturated heterocycles. The highest BCUT2D eigenvalue weighted by molar-refractivity contribution is 5.85. The van der Waals surface area contributed by atoms with E-state index >= 15 is 0 Å². The van der Waals surface area contributed by atoms with Crippen LogP contribution in [-0.4, -0.2) is 16.1 Å². The predicted octanol–water partition coefficient (Wildman–Crippen LogP) is 5.49. The Kier molecular flexibility index (Phi) is 6.24. The number of hydrogen-bond acceptors (Lipinski definition) is 4. The molecule has 3 aromatic carbocycles. The number of fused-ring (bicyclic) bond motifs is 1. The minimum absolute atomic E-state index is 0.315. The molecule has 0 unspecified atom stereocenters. The van der Waals surface area contributed by atoms with Gasteiger partial charge in [0.2, 0.25) is 0 Å². The van der Waals surface area contributed by atoms with Crippen molar-refractivity contribution in [1.29, 1.82) is 0 Å². The summed E-state index contributed by atoms with van der Waals surface area (Å²) in [6.07, 6.45) is 2.69. The monoisotopic (exact) mass is 411 g/mol. The van der Waals surface area contributed by atoms with E-state index in [9.17, 15) is 4.79 Å². The van der Waals surface area contributed by atoms with Gasteiger partial charge in [-0.25, -0.2) is 9.78 Å². The third-order valence-corrected chi connectivity index (χ3v) is 4.70. The Morgan fingerprint density at radius 3 is 2.42 bits per heavy atom. The van der Waals surface area contributed by atoms with Gasteiger partial charge in [0.05, 0.1) is 11.2 Å². The molecule has 31 heavy (non-hydrogen) atoms. The highest BCUT2D eigenvalue weighted by Crippen LogP contribution is 2.22. The maximum atomic E-state index is 10.8. The second-order valence-electron chi connectivity index (χ2n) is 6.92. The molecule has 0 amide bonds.